The SMILES string of the molecule is CSc1nc2c(c(=O)[nH]1)[C@H](c1ccc3c(c1)OCO3)CC(=O)N2. The van der Waals surface area contributed by atoms with E-state index >= 15 is 0 Å². The molecular formula is C15H13N3O4S. The number of nitrogens with one attached hydrogen (secondary N) is 2. The number of amides is 1. The quantitative estimate of drug-likeness (QED) is 0.642. The van der Waals surface area contributed by atoms with Gasteiger partial charge in [-0.1, -0.05) is 17.8 Å². The Bertz CT molecular complexity index is 864. The number of benzene rings is 1. The lowest BCUT2D eigenvalue weighted by Crippen LogP contribution is -2.31. The summed E-state index contributed by atoms with van der Waals surface area (Å²) in [5, 5.41) is 3.16. The molecule has 0 saturated heterocycles. The van der Waals surface area contributed by atoms with Crippen LogP contribution in [0.1, 0.15) is 23.5 Å². The minimum atomic E-state index is -0.361. The molecule has 1 aromatic carbocycles. The monoisotopic (exact) mass is 331 g/mol. The highest BCUT2D eigenvalue weighted by Crippen LogP contribution is 2.39. The first-order chi connectivity index (χ1) is 11.2. The van der Waals surface area contributed by atoms with Crippen LogP contribution in [-0.2, 0) is 4.79 Å². The highest BCUT2D eigenvalue weighted by molar-refractivity contribution is 7.98. The van der Waals surface area contributed by atoms with Crippen LogP contribution in [0.4, 0.5) is 5.82 Å². The fourth-order valence-electron chi connectivity index (χ4n) is 2.86. The first-order valence-electron chi connectivity index (χ1n) is 7.03. The summed E-state index contributed by atoms with van der Waals surface area (Å²) < 4.78 is 10.7. The highest BCUT2D eigenvalue weighted by Gasteiger charge is 2.31. The van der Waals surface area contributed by atoms with Crippen LogP contribution < -0.4 is 20.3 Å². The van der Waals surface area contributed by atoms with Crippen LogP contribution >= 0.6 is 11.8 Å². The molecule has 3 heterocycles. The lowest BCUT2D eigenvalue weighted by atomic mass is 9.86. The molecule has 8 heteroatoms. The number of ether oxygens (including phenoxy) is 2. The van der Waals surface area contributed by atoms with Crippen LogP contribution in [0.5, 0.6) is 11.5 Å². The van der Waals surface area contributed by atoms with Gasteiger partial charge in [0.05, 0.1) is 5.56 Å². The smallest absolute Gasteiger partial charge is 0.257 e. The van der Waals surface area contributed by atoms with Crippen LogP contribution in [0.3, 0.4) is 0 Å². The molecular weight excluding hydrogens is 318 g/mol. The lowest BCUT2D eigenvalue weighted by molar-refractivity contribution is -0.116. The van der Waals surface area contributed by atoms with Crippen molar-refractivity contribution in [1.29, 1.82) is 0 Å². The molecule has 2 aliphatic heterocycles. The molecule has 1 atom stereocenters. The zero-order valence-corrected chi connectivity index (χ0v) is 13.0. The average Bonchev–Trinajstić information content (AvgIpc) is 3.00. The standard InChI is InChI=1S/C15H13N3O4S/c1-23-15-17-13-12(14(20)18-15)8(5-11(19)16-13)7-2-3-9-10(4-7)22-6-21-9/h2-4,8H,5-6H2,1H3,(H2,16,17,18,19,20)/t8-/m0/s1. The van der Waals surface area contributed by atoms with Crippen LogP contribution in [0.25, 0.3) is 0 Å². The molecule has 1 aromatic heterocycles. The van der Waals surface area contributed by atoms with Gasteiger partial charge in [0, 0.05) is 12.3 Å². The van der Waals surface area contributed by atoms with E-state index < -0.39 is 0 Å². The summed E-state index contributed by atoms with van der Waals surface area (Å²) in [4.78, 5) is 31.5. The van der Waals surface area contributed by atoms with Crippen molar-refractivity contribution in [3.05, 3.63) is 39.7 Å². The predicted octanol–water partition coefficient (Wildman–Crippen LogP) is 1.69. The van der Waals surface area contributed by atoms with Crippen molar-refractivity contribution in [1.82, 2.24) is 9.97 Å². The van der Waals surface area contributed by atoms with E-state index in [9.17, 15) is 9.59 Å². The molecule has 4 rings (SSSR count). The van der Waals surface area contributed by atoms with E-state index in [0.717, 1.165) is 5.56 Å². The van der Waals surface area contributed by atoms with Gasteiger partial charge < -0.3 is 19.8 Å². The number of H-pyrrole nitrogens is 1. The summed E-state index contributed by atoms with van der Waals surface area (Å²) in [6.45, 7) is 0.180. The van der Waals surface area contributed by atoms with Crippen molar-refractivity contribution in [2.45, 2.75) is 17.5 Å². The summed E-state index contributed by atoms with van der Waals surface area (Å²) in [6, 6.07) is 5.46. The van der Waals surface area contributed by atoms with E-state index in [4.69, 9.17) is 9.47 Å². The number of carbonyl (C=O) groups excluding carboxylic acids is 1. The van der Waals surface area contributed by atoms with Gasteiger partial charge in [-0.25, -0.2) is 4.98 Å². The molecule has 2 N–H and O–H groups in total. The van der Waals surface area contributed by atoms with Crippen molar-refractivity contribution < 1.29 is 14.3 Å². The number of anilines is 1. The van der Waals surface area contributed by atoms with Crippen LogP contribution in [0.2, 0.25) is 0 Å². The third kappa shape index (κ3) is 2.35. The molecule has 0 spiro atoms. The largest absolute Gasteiger partial charge is 0.454 e. The van der Waals surface area contributed by atoms with Gasteiger partial charge in [0.15, 0.2) is 16.7 Å². The van der Waals surface area contributed by atoms with Crippen molar-refractivity contribution in [2.75, 3.05) is 18.4 Å². The van der Waals surface area contributed by atoms with E-state index in [1.165, 1.54) is 11.8 Å². The number of aromatic amines is 1. The van der Waals surface area contributed by atoms with Gasteiger partial charge in [-0.3, -0.25) is 9.59 Å². The number of carbonyl (C=O) groups is 1. The number of hydrogen-bond donors (Lipinski definition) is 2. The fraction of sp³-hybridized carbons (Fsp3) is 0.267. The van der Waals surface area contributed by atoms with E-state index in [1.807, 2.05) is 18.4 Å². The highest BCUT2D eigenvalue weighted by atomic mass is 32.2. The van der Waals surface area contributed by atoms with Crippen molar-refractivity contribution in [3.63, 3.8) is 0 Å². The third-order valence-electron chi connectivity index (χ3n) is 3.92. The molecule has 0 aliphatic carbocycles. The zero-order chi connectivity index (χ0) is 16.0. The topological polar surface area (TPSA) is 93.3 Å². The van der Waals surface area contributed by atoms with E-state index in [1.54, 1.807) is 6.07 Å². The van der Waals surface area contributed by atoms with Gasteiger partial charge in [0.2, 0.25) is 12.7 Å². The molecule has 0 saturated carbocycles. The second-order valence-corrected chi connectivity index (χ2v) is 6.05. The Kier molecular flexibility index (Phi) is 3.26. The molecule has 23 heavy (non-hydrogen) atoms. The normalized spacial score (nSPS) is 18.5. The first-order valence-corrected chi connectivity index (χ1v) is 8.26. The maximum atomic E-state index is 12.5. The number of nitrogens with zero attached hydrogens (tertiary/aromatic N) is 1. The summed E-state index contributed by atoms with van der Waals surface area (Å²) in [6.07, 6.45) is 2.00. The summed E-state index contributed by atoms with van der Waals surface area (Å²) in [5.41, 5.74) is 1.07. The maximum Gasteiger partial charge on any atom is 0.257 e. The van der Waals surface area contributed by atoms with E-state index in [2.05, 4.69) is 15.3 Å². The Morgan fingerprint density at radius 2 is 2.09 bits per heavy atom. The molecule has 0 radical (unpaired) electrons. The van der Waals surface area contributed by atoms with Gasteiger partial charge >= 0.3 is 0 Å². The molecule has 0 fully saturated rings. The molecule has 1 amide bonds. The summed E-state index contributed by atoms with van der Waals surface area (Å²) >= 11 is 1.32. The maximum absolute atomic E-state index is 12.5. The summed E-state index contributed by atoms with van der Waals surface area (Å²) in [5.74, 6) is 1.10. The molecule has 0 bridgehead atoms. The first kappa shape index (κ1) is 14.1. The Labute approximate surface area is 135 Å². The molecule has 7 nitrogen and oxygen atoms in total. The Morgan fingerprint density at radius 1 is 1.26 bits per heavy atom. The molecule has 2 aliphatic rings. The van der Waals surface area contributed by atoms with Gasteiger partial charge in [0.1, 0.15) is 5.82 Å². The van der Waals surface area contributed by atoms with E-state index in [-0.39, 0.29) is 30.6 Å². The summed E-state index contributed by atoms with van der Waals surface area (Å²) in [7, 11) is 0. The Balaban J connectivity index is 1.85. The minimum Gasteiger partial charge on any atom is -0.454 e. The van der Waals surface area contributed by atoms with Crippen molar-refractivity contribution in [3.8, 4) is 11.5 Å². The van der Waals surface area contributed by atoms with Gasteiger partial charge in [-0.15, -0.1) is 0 Å². The van der Waals surface area contributed by atoms with Crippen LogP contribution in [0.15, 0.2) is 28.2 Å². The van der Waals surface area contributed by atoms with Gasteiger partial charge in [0.25, 0.3) is 5.56 Å². The average molecular weight is 331 g/mol. The molecule has 0 unspecified atom stereocenters. The van der Waals surface area contributed by atoms with Gasteiger partial charge in [-0.2, -0.15) is 0 Å². The van der Waals surface area contributed by atoms with Crippen molar-refractivity contribution in [2.24, 2.45) is 0 Å². The number of aromatic nitrogens is 2. The fourth-order valence-corrected chi connectivity index (χ4v) is 3.24. The van der Waals surface area contributed by atoms with Crippen molar-refractivity contribution >= 4 is 23.5 Å². The minimum absolute atomic E-state index is 0.162. The number of hydrogen-bond acceptors (Lipinski definition) is 6. The van der Waals surface area contributed by atoms with Gasteiger partial charge in [-0.05, 0) is 24.0 Å². The number of fused-ring (bicyclic) bond motifs is 2. The Morgan fingerprint density at radius 3 is 2.91 bits per heavy atom. The molecule has 2 aromatic rings. The lowest BCUT2D eigenvalue weighted by Gasteiger charge is -2.24. The second kappa shape index (κ2) is 5.31. The van der Waals surface area contributed by atoms with E-state index in [0.29, 0.717) is 28.0 Å². The van der Waals surface area contributed by atoms with Crippen LogP contribution in [-0.4, -0.2) is 28.9 Å². The number of rotatable bonds is 2. The number of thioether (sulfide) groups is 1. The van der Waals surface area contributed by atoms with Crippen LogP contribution in [0, 0.1) is 0 Å². The predicted molar refractivity (Wildman–Crippen MR) is 84.3 cm³/mol. The second-order valence-electron chi connectivity index (χ2n) is 5.26. The Hall–Kier alpha value is -2.48. The zero-order valence-electron chi connectivity index (χ0n) is 12.2. The third-order valence-corrected chi connectivity index (χ3v) is 4.50. The molecule has 118 valence electrons.